The molecule has 0 aromatic heterocycles. The minimum atomic E-state index is -0.130. The van der Waals surface area contributed by atoms with Crippen molar-refractivity contribution in [2.45, 2.75) is 12.8 Å². The highest BCUT2D eigenvalue weighted by Crippen LogP contribution is 2.33. The standard InChI is InChI=1S/C14H10O3/c15-8-5-6-11-12(7-8)14(17)10-4-2-1-3-9(10)13(11)16/h1-2,5-7,15H,3-4H2. The lowest BCUT2D eigenvalue weighted by Crippen LogP contribution is -2.22. The number of aromatic hydroxyl groups is 1. The maximum Gasteiger partial charge on any atom is 0.190 e. The van der Waals surface area contributed by atoms with Crippen LogP contribution in [-0.2, 0) is 0 Å². The van der Waals surface area contributed by atoms with Gasteiger partial charge in [0.2, 0.25) is 0 Å². The van der Waals surface area contributed by atoms with E-state index < -0.39 is 0 Å². The molecule has 2 aliphatic rings. The summed E-state index contributed by atoms with van der Waals surface area (Å²) in [5.74, 6) is -0.200. The zero-order valence-corrected chi connectivity index (χ0v) is 9.06. The Balaban J connectivity index is 2.22. The fourth-order valence-corrected chi connectivity index (χ4v) is 2.35. The summed E-state index contributed by atoms with van der Waals surface area (Å²) < 4.78 is 0. The topological polar surface area (TPSA) is 54.4 Å². The van der Waals surface area contributed by atoms with Crippen LogP contribution in [0, 0.1) is 0 Å². The molecule has 0 bridgehead atoms. The Hall–Kier alpha value is -2.16. The third-order valence-electron chi connectivity index (χ3n) is 3.22. The zero-order valence-electron chi connectivity index (χ0n) is 9.06. The predicted octanol–water partition coefficient (Wildman–Crippen LogP) is 2.42. The van der Waals surface area contributed by atoms with Gasteiger partial charge in [-0.25, -0.2) is 0 Å². The monoisotopic (exact) mass is 226 g/mol. The molecule has 1 aromatic carbocycles. The van der Waals surface area contributed by atoms with Crippen molar-refractivity contribution in [3.05, 3.63) is 52.6 Å². The average Bonchev–Trinajstić information content (AvgIpc) is 2.36. The van der Waals surface area contributed by atoms with Crippen LogP contribution in [0.5, 0.6) is 5.75 Å². The first kappa shape index (κ1) is 10.0. The Labute approximate surface area is 98.1 Å². The minimum absolute atomic E-state index is 0.0142. The molecule has 3 rings (SSSR count). The molecule has 0 radical (unpaired) electrons. The van der Waals surface area contributed by atoms with Gasteiger partial charge >= 0.3 is 0 Å². The number of phenols is 1. The summed E-state index contributed by atoms with van der Waals surface area (Å²) >= 11 is 0. The largest absolute Gasteiger partial charge is 0.508 e. The maximum absolute atomic E-state index is 12.2. The molecule has 17 heavy (non-hydrogen) atoms. The van der Waals surface area contributed by atoms with Crippen LogP contribution in [0.3, 0.4) is 0 Å². The molecule has 0 saturated heterocycles. The van der Waals surface area contributed by atoms with Crippen LogP contribution < -0.4 is 0 Å². The number of carbonyl (C=O) groups excluding carboxylic acids is 2. The Bertz CT molecular complexity index is 606. The number of rotatable bonds is 0. The van der Waals surface area contributed by atoms with Crippen LogP contribution in [0.25, 0.3) is 0 Å². The highest BCUT2D eigenvalue weighted by molar-refractivity contribution is 6.27. The number of fused-ring (bicyclic) bond motifs is 1. The number of Topliss-reactive ketones (excluding diaryl/α,β-unsaturated/α-hetero) is 2. The van der Waals surface area contributed by atoms with E-state index in [4.69, 9.17) is 0 Å². The summed E-state index contributed by atoms with van der Waals surface area (Å²) in [4.78, 5) is 24.4. The summed E-state index contributed by atoms with van der Waals surface area (Å²) in [7, 11) is 0. The Morgan fingerprint density at radius 1 is 0.882 bits per heavy atom. The van der Waals surface area contributed by atoms with Gasteiger partial charge in [0.05, 0.1) is 0 Å². The number of hydrogen-bond acceptors (Lipinski definition) is 3. The van der Waals surface area contributed by atoms with Gasteiger partial charge in [-0.05, 0) is 31.0 Å². The number of carbonyl (C=O) groups is 2. The molecule has 0 amide bonds. The molecule has 0 fully saturated rings. The number of hydrogen-bond donors (Lipinski definition) is 1. The summed E-state index contributed by atoms with van der Waals surface area (Å²) in [6, 6.07) is 4.33. The van der Waals surface area contributed by atoms with Gasteiger partial charge in [-0.15, -0.1) is 0 Å². The molecule has 0 heterocycles. The van der Waals surface area contributed by atoms with E-state index in [2.05, 4.69) is 0 Å². The molecular formula is C14H10O3. The first-order valence-corrected chi connectivity index (χ1v) is 5.48. The molecule has 1 aromatic rings. The third-order valence-corrected chi connectivity index (χ3v) is 3.22. The van der Waals surface area contributed by atoms with Gasteiger partial charge in [0, 0.05) is 22.3 Å². The van der Waals surface area contributed by atoms with Crippen molar-refractivity contribution < 1.29 is 14.7 Å². The van der Waals surface area contributed by atoms with Crippen molar-refractivity contribution in [2.24, 2.45) is 0 Å². The molecule has 84 valence electrons. The number of benzene rings is 1. The van der Waals surface area contributed by atoms with E-state index in [1.165, 1.54) is 18.2 Å². The summed E-state index contributed by atoms with van der Waals surface area (Å²) in [6.07, 6.45) is 4.85. The van der Waals surface area contributed by atoms with E-state index in [9.17, 15) is 14.7 Å². The second-order valence-corrected chi connectivity index (χ2v) is 4.22. The van der Waals surface area contributed by atoms with Crippen LogP contribution in [0.4, 0.5) is 0 Å². The summed E-state index contributed by atoms with van der Waals surface area (Å²) in [6.45, 7) is 0. The van der Waals surface area contributed by atoms with Crippen LogP contribution in [0.1, 0.15) is 33.6 Å². The van der Waals surface area contributed by atoms with E-state index in [1.807, 2.05) is 12.2 Å². The van der Waals surface area contributed by atoms with Gasteiger partial charge in [-0.1, -0.05) is 12.2 Å². The molecule has 0 unspecified atom stereocenters. The molecular weight excluding hydrogens is 216 g/mol. The van der Waals surface area contributed by atoms with Crippen LogP contribution in [-0.4, -0.2) is 16.7 Å². The lowest BCUT2D eigenvalue weighted by Gasteiger charge is -2.21. The molecule has 3 heteroatoms. The van der Waals surface area contributed by atoms with E-state index in [1.54, 1.807) is 0 Å². The van der Waals surface area contributed by atoms with Gasteiger partial charge < -0.3 is 5.11 Å². The maximum atomic E-state index is 12.2. The van der Waals surface area contributed by atoms with Crippen LogP contribution in [0.2, 0.25) is 0 Å². The second-order valence-electron chi connectivity index (χ2n) is 4.22. The van der Waals surface area contributed by atoms with Crippen molar-refractivity contribution in [3.63, 3.8) is 0 Å². The van der Waals surface area contributed by atoms with Crippen molar-refractivity contribution >= 4 is 11.6 Å². The van der Waals surface area contributed by atoms with Crippen molar-refractivity contribution in [1.29, 1.82) is 0 Å². The second kappa shape index (κ2) is 3.42. The van der Waals surface area contributed by atoms with E-state index in [0.29, 0.717) is 35.1 Å². The highest BCUT2D eigenvalue weighted by Gasteiger charge is 2.31. The molecule has 3 nitrogen and oxygen atoms in total. The van der Waals surface area contributed by atoms with Gasteiger partial charge in [0.15, 0.2) is 11.6 Å². The summed E-state index contributed by atoms with van der Waals surface area (Å²) in [5.41, 5.74) is 1.91. The van der Waals surface area contributed by atoms with Gasteiger partial charge in [-0.2, -0.15) is 0 Å². The first-order valence-electron chi connectivity index (χ1n) is 5.48. The number of allylic oxidation sites excluding steroid dienone is 4. The van der Waals surface area contributed by atoms with Crippen molar-refractivity contribution in [2.75, 3.05) is 0 Å². The normalized spacial score (nSPS) is 18.1. The van der Waals surface area contributed by atoms with E-state index >= 15 is 0 Å². The molecule has 2 aliphatic carbocycles. The van der Waals surface area contributed by atoms with Gasteiger partial charge in [0.1, 0.15) is 5.75 Å². The van der Waals surface area contributed by atoms with Crippen molar-refractivity contribution in [1.82, 2.24) is 0 Å². The molecule has 0 spiro atoms. The first-order chi connectivity index (χ1) is 8.18. The third kappa shape index (κ3) is 1.35. The quantitative estimate of drug-likeness (QED) is 0.691. The average molecular weight is 226 g/mol. The Morgan fingerprint density at radius 3 is 2.12 bits per heavy atom. The Morgan fingerprint density at radius 2 is 1.47 bits per heavy atom. The van der Waals surface area contributed by atoms with Crippen LogP contribution in [0.15, 0.2) is 41.5 Å². The SMILES string of the molecule is O=C1C2=C(CC=CC2)C(=O)c2cc(O)ccc21. The lowest BCUT2D eigenvalue weighted by molar-refractivity contribution is 0.0970. The predicted molar refractivity (Wildman–Crippen MR) is 62.2 cm³/mol. The number of ketones is 2. The van der Waals surface area contributed by atoms with Gasteiger partial charge in [-0.3, -0.25) is 9.59 Å². The summed E-state index contributed by atoms with van der Waals surface area (Å²) in [5, 5.41) is 9.39. The minimum Gasteiger partial charge on any atom is -0.508 e. The van der Waals surface area contributed by atoms with E-state index in [0.717, 1.165) is 0 Å². The van der Waals surface area contributed by atoms with Crippen molar-refractivity contribution in [3.8, 4) is 5.75 Å². The fourth-order valence-electron chi connectivity index (χ4n) is 2.35. The molecule has 0 saturated carbocycles. The smallest absolute Gasteiger partial charge is 0.190 e. The van der Waals surface area contributed by atoms with Gasteiger partial charge in [0.25, 0.3) is 0 Å². The van der Waals surface area contributed by atoms with E-state index in [-0.39, 0.29) is 17.3 Å². The lowest BCUT2D eigenvalue weighted by atomic mass is 9.79. The molecule has 1 N–H and O–H groups in total. The number of phenolic OH excluding ortho intramolecular Hbond substituents is 1. The highest BCUT2D eigenvalue weighted by atomic mass is 16.3. The zero-order chi connectivity index (χ0) is 12.0. The Kier molecular flexibility index (Phi) is 2.01. The van der Waals surface area contributed by atoms with Crippen LogP contribution >= 0.6 is 0 Å². The fraction of sp³-hybridized carbons (Fsp3) is 0.143. The molecule has 0 aliphatic heterocycles. The molecule has 0 atom stereocenters.